The lowest BCUT2D eigenvalue weighted by Crippen LogP contribution is -2.39. The van der Waals surface area contributed by atoms with Gasteiger partial charge in [0.25, 0.3) is 0 Å². The summed E-state index contributed by atoms with van der Waals surface area (Å²) >= 11 is 3.53. The second-order valence-corrected chi connectivity index (χ2v) is 6.79. The van der Waals surface area contributed by atoms with Crippen molar-refractivity contribution >= 4 is 15.9 Å². The Morgan fingerprint density at radius 3 is 2.84 bits per heavy atom. The van der Waals surface area contributed by atoms with Crippen LogP contribution in [0.5, 0.6) is 5.75 Å². The van der Waals surface area contributed by atoms with Crippen molar-refractivity contribution in [3.63, 3.8) is 0 Å². The Labute approximate surface area is 124 Å². The molecule has 2 aliphatic rings. The first-order valence-electron chi connectivity index (χ1n) is 7.42. The van der Waals surface area contributed by atoms with Crippen molar-refractivity contribution in [2.75, 3.05) is 6.61 Å². The molecule has 0 radical (unpaired) electrons. The number of hydrogen-bond acceptors (Lipinski definition) is 2. The van der Waals surface area contributed by atoms with Crippen molar-refractivity contribution in [2.24, 2.45) is 5.92 Å². The van der Waals surface area contributed by atoms with E-state index in [4.69, 9.17) is 4.74 Å². The molecule has 1 aliphatic carbocycles. The molecular formula is C16H22BrNO. The van der Waals surface area contributed by atoms with Gasteiger partial charge in [0.2, 0.25) is 0 Å². The number of fused-ring (bicyclic) bond motifs is 1. The molecule has 0 saturated heterocycles. The van der Waals surface area contributed by atoms with Gasteiger partial charge in [-0.15, -0.1) is 0 Å². The van der Waals surface area contributed by atoms with Crippen LogP contribution in [0.2, 0.25) is 0 Å². The largest absolute Gasteiger partial charge is 0.493 e. The lowest BCUT2D eigenvalue weighted by molar-refractivity contribution is 0.223. The lowest BCUT2D eigenvalue weighted by Gasteiger charge is -2.34. The van der Waals surface area contributed by atoms with Crippen LogP contribution in [0.25, 0.3) is 0 Å². The predicted octanol–water partition coefficient (Wildman–Crippen LogP) is 4.44. The normalized spacial score (nSPS) is 24.8. The maximum absolute atomic E-state index is 5.87. The smallest absolute Gasteiger partial charge is 0.125 e. The highest BCUT2D eigenvalue weighted by Gasteiger charge is 2.27. The van der Waals surface area contributed by atoms with Crippen molar-refractivity contribution in [2.45, 2.75) is 51.1 Å². The first-order chi connectivity index (χ1) is 9.24. The molecule has 1 heterocycles. The summed E-state index contributed by atoms with van der Waals surface area (Å²) in [7, 11) is 0. The summed E-state index contributed by atoms with van der Waals surface area (Å²) < 4.78 is 6.97. The molecule has 1 fully saturated rings. The molecule has 0 bridgehead atoms. The Bertz CT molecular complexity index is 444. The maximum atomic E-state index is 5.87. The summed E-state index contributed by atoms with van der Waals surface area (Å²) in [5, 5.41) is 3.84. The standard InChI is InChI=1S/C16H22BrNO/c1-11(12-4-2-5-12)18-15-6-3-9-19-16-10-13(17)7-8-14(15)16/h7-8,10-12,15,18H,2-6,9H2,1H3. The van der Waals surface area contributed by atoms with Gasteiger partial charge in [0, 0.05) is 22.1 Å². The zero-order valence-corrected chi connectivity index (χ0v) is 13.1. The van der Waals surface area contributed by atoms with Crippen LogP contribution in [0.4, 0.5) is 0 Å². The van der Waals surface area contributed by atoms with Crippen LogP contribution >= 0.6 is 15.9 Å². The van der Waals surface area contributed by atoms with Gasteiger partial charge < -0.3 is 10.1 Å². The van der Waals surface area contributed by atoms with Crippen molar-refractivity contribution < 1.29 is 4.74 Å². The molecule has 0 amide bonds. The number of nitrogens with one attached hydrogen (secondary N) is 1. The molecule has 1 saturated carbocycles. The van der Waals surface area contributed by atoms with Gasteiger partial charge in [-0.05, 0) is 50.7 Å². The van der Waals surface area contributed by atoms with E-state index >= 15 is 0 Å². The summed E-state index contributed by atoms with van der Waals surface area (Å²) in [6, 6.07) is 7.49. The monoisotopic (exact) mass is 323 g/mol. The summed E-state index contributed by atoms with van der Waals surface area (Å²) in [6.45, 7) is 3.17. The number of hydrogen-bond donors (Lipinski definition) is 1. The number of rotatable bonds is 3. The summed E-state index contributed by atoms with van der Waals surface area (Å²) in [5.74, 6) is 1.92. The van der Waals surface area contributed by atoms with E-state index in [0.29, 0.717) is 12.1 Å². The van der Waals surface area contributed by atoms with Crippen LogP contribution in [-0.4, -0.2) is 12.6 Å². The molecule has 19 heavy (non-hydrogen) atoms. The first-order valence-corrected chi connectivity index (χ1v) is 8.21. The molecule has 3 rings (SSSR count). The summed E-state index contributed by atoms with van der Waals surface area (Å²) in [5.41, 5.74) is 1.33. The highest BCUT2D eigenvalue weighted by atomic mass is 79.9. The van der Waals surface area contributed by atoms with Crippen LogP contribution in [0.1, 0.15) is 50.6 Å². The molecule has 2 atom stereocenters. The SMILES string of the molecule is CC(NC1CCCOc2cc(Br)ccc21)C1CCC1. The van der Waals surface area contributed by atoms with Gasteiger partial charge in [-0.25, -0.2) is 0 Å². The molecule has 0 aromatic heterocycles. The van der Waals surface area contributed by atoms with E-state index in [1.807, 2.05) is 0 Å². The van der Waals surface area contributed by atoms with Gasteiger partial charge in [-0.2, -0.15) is 0 Å². The molecule has 3 heteroatoms. The highest BCUT2D eigenvalue weighted by molar-refractivity contribution is 9.10. The van der Waals surface area contributed by atoms with E-state index < -0.39 is 0 Å². The van der Waals surface area contributed by atoms with Gasteiger partial charge in [-0.1, -0.05) is 28.4 Å². The van der Waals surface area contributed by atoms with E-state index in [9.17, 15) is 0 Å². The fourth-order valence-electron chi connectivity index (χ4n) is 3.11. The summed E-state index contributed by atoms with van der Waals surface area (Å²) in [4.78, 5) is 0. The van der Waals surface area contributed by atoms with Gasteiger partial charge in [0.05, 0.1) is 6.61 Å². The minimum absolute atomic E-state index is 0.446. The van der Waals surface area contributed by atoms with E-state index in [1.165, 1.54) is 31.2 Å². The quantitative estimate of drug-likeness (QED) is 0.887. The Kier molecular flexibility index (Phi) is 4.13. The van der Waals surface area contributed by atoms with Crippen LogP contribution in [-0.2, 0) is 0 Å². The molecule has 2 nitrogen and oxygen atoms in total. The molecule has 1 aromatic rings. The van der Waals surface area contributed by atoms with E-state index in [-0.39, 0.29) is 0 Å². The molecule has 2 unspecified atom stereocenters. The van der Waals surface area contributed by atoms with E-state index in [1.54, 1.807) is 0 Å². The van der Waals surface area contributed by atoms with Crippen LogP contribution < -0.4 is 10.1 Å². The zero-order valence-electron chi connectivity index (χ0n) is 11.5. The van der Waals surface area contributed by atoms with Gasteiger partial charge in [0.1, 0.15) is 5.75 Å². The molecule has 1 aromatic carbocycles. The molecule has 104 valence electrons. The third-order valence-electron chi connectivity index (χ3n) is 4.57. The van der Waals surface area contributed by atoms with E-state index in [2.05, 4.69) is 46.4 Å². The maximum Gasteiger partial charge on any atom is 0.125 e. The van der Waals surface area contributed by atoms with Crippen molar-refractivity contribution in [1.29, 1.82) is 0 Å². The van der Waals surface area contributed by atoms with Gasteiger partial charge in [0.15, 0.2) is 0 Å². The zero-order chi connectivity index (χ0) is 13.2. The van der Waals surface area contributed by atoms with Crippen LogP contribution in [0, 0.1) is 5.92 Å². The van der Waals surface area contributed by atoms with E-state index in [0.717, 1.165) is 29.2 Å². The average molecular weight is 324 g/mol. The molecule has 0 spiro atoms. The van der Waals surface area contributed by atoms with Gasteiger partial charge in [-0.3, -0.25) is 0 Å². The highest BCUT2D eigenvalue weighted by Crippen LogP contribution is 2.36. The number of halogens is 1. The fourth-order valence-corrected chi connectivity index (χ4v) is 3.45. The average Bonchev–Trinajstić information content (AvgIpc) is 2.49. The Morgan fingerprint density at radius 2 is 2.11 bits per heavy atom. The Hall–Kier alpha value is -0.540. The minimum atomic E-state index is 0.446. The second-order valence-electron chi connectivity index (χ2n) is 5.87. The first kappa shape index (κ1) is 13.4. The topological polar surface area (TPSA) is 21.3 Å². The number of ether oxygens (including phenoxy) is 1. The van der Waals surface area contributed by atoms with Crippen molar-refractivity contribution in [3.05, 3.63) is 28.2 Å². The number of benzene rings is 1. The third kappa shape index (κ3) is 2.97. The summed E-state index contributed by atoms with van der Waals surface area (Å²) in [6.07, 6.45) is 6.50. The molecule has 1 N–H and O–H groups in total. The second kappa shape index (κ2) is 5.84. The molecular weight excluding hydrogens is 302 g/mol. The van der Waals surface area contributed by atoms with Crippen molar-refractivity contribution in [3.8, 4) is 5.75 Å². The Morgan fingerprint density at radius 1 is 1.26 bits per heavy atom. The predicted molar refractivity (Wildman–Crippen MR) is 81.6 cm³/mol. The third-order valence-corrected chi connectivity index (χ3v) is 5.06. The fraction of sp³-hybridized carbons (Fsp3) is 0.625. The van der Waals surface area contributed by atoms with Crippen LogP contribution in [0.3, 0.4) is 0 Å². The van der Waals surface area contributed by atoms with Crippen molar-refractivity contribution in [1.82, 2.24) is 5.32 Å². The van der Waals surface area contributed by atoms with Gasteiger partial charge >= 0.3 is 0 Å². The van der Waals surface area contributed by atoms with Crippen LogP contribution in [0.15, 0.2) is 22.7 Å². The molecule has 1 aliphatic heterocycles. The Balaban J connectivity index is 1.77. The minimum Gasteiger partial charge on any atom is -0.493 e. The lowest BCUT2D eigenvalue weighted by atomic mass is 9.80.